The molecule has 1 aliphatic rings. The molecule has 2 aromatic carbocycles. The highest BCUT2D eigenvalue weighted by Gasteiger charge is 2.34. The first-order valence-corrected chi connectivity index (χ1v) is 11.4. The van der Waals surface area contributed by atoms with Crippen LogP contribution in [0.2, 0.25) is 0 Å². The number of aliphatic carboxylic acids is 1. The van der Waals surface area contributed by atoms with Crippen LogP contribution in [0, 0.1) is 5.92 Å². The molecule has 0 saturated carbocycles. The van der Waals surface area contributed by atoms with Gasteiger partial charge in [-0.15, -0.1) is 0 Å². The van der Waals surface area contributed by atoms with Crippen molar-refractivity contribution in [3.63, 3.8) is 0 Å². The molecule has 8 nitrogen and oxygen atoms in total. The molecule has 0 radical (unpaired) electrons. The van der Waals surface area contributed by atoms with E-state index < -0.39 is 36.7 Å². The van der Waals surface area contributed by atoms with Gasteiger partial charge in [-0.1, -0.05) is 62.4 Å². The first-order chi connectivity index (χ1) is 16.2. The van der Waals surface area contributed by atoms with E-state index in [2.05, 4.69) is 17.4 Å². The van der Waals surface area contributed by atoms with Gasteiger partial charge in [0, 0.05) is 19.6 Å². The summed E-state index contributed by atoms with van der Waals surface area (Å²) in [5.41, 5.74) is 4.40. The van der Waals surface area contributed by atoms with Crippen LogP contribution in [0.3, 0.4) is 0 Å². The third-order valence-electron chi connectivity index (χ3n) is 5.95. The second kappa shape index (κ2) is 11.2. The van der Waals surface area contributed by atoms with E-state index in [-0.39, 0.29) is 25.0 Å². The summed E-state index contributed by atoms with van der Waals surface area (Å²) in [7, 11) is 1.42. The number of rotatable bonds is 10. The summed E-state index contributed by atoms with van der Waals surface area (Å²) in [6, 6.07) is 14.9. The van der Waals surface area contributed by atoms with Crippen molar-refractivity contribution >= 4 is 18.0 Å². The maximum atomic E-state index is 13.2. The van der Waals surface area contributed by atoms with Gasteiger partial charge in [-0.2, -0.15) is 0 Å². The van der Waals surface area contributed by atoms with Gasteiger partial charge in [0.1, 0.15) is 19.2 Å². The van der Waals surface area contributed by atoms with E-state index in [1.54, 1.807) is 6.92 Å². The number of alkyl carbamates (subject to hydrolysis) is 1. The molecule has 0 aliphatic heterocycles. The molecular weight excluding hydrogens is 436 g/mol. The largest absolute Gasteiger partial charge is 0.480 e. The smallest absolute Gasteiger partial charge is 0.407 e. The second-order valence-corrected chi connectivity index (χ2v) is 8.89. The van der Waals surface area contributed by atoms with Crippen LogP contribution in [0.4, 0.5) is 4.79 Å². The molecule has 0 heterocycles. The zero-order valence-corrected chi connectivity index (χ0v) is 20.0. The fraction of sp³-hybridized carbons (Fsp3) is 0.423. The van der Waals surface area contributed by atoms with Crippen LogP contribution in [0.25, 0.3) is 11.1 Å². The van der Waals surface area contributed by atoms with Crippen molar-refractivity contribution in [2.45, 2.75) is 38.8 Å². The zero-order valence-electron chi connectivity index (χ0n) is 20.0. The maximum absolute atomic E-state index is 13.2. The Morgan fingerprint density at radius 2 is 1.56 bits per heavy atom. The lowest BCUT2D eigenvalue weighted by molar-refractivity contribution is -0.147. The summed E-state index contributed by atoms with van der Waals surface area (Å²) in [5.74, 6) is -1.72. The van der Waals surface area contributed by atoms with E-state index in [0.717, 1.165) is 22.3 Å². The van der Waals surface area contributed by atoms with E-state index in [0.29, 0.717) is 0 Å². The van der Waals surface area contributed by atoms with Crippen LogP contribution in [-0.2, 0) is 19.1 Å². The average Bonchev–Trinajstić information content (AvgIpc) is 3.13. The molecule has 0 bridgehead atoms. The summed E-state index contributed by atoms with van der Waals surface area (Å²) >= 11 is 0. The van der Waals surface area contributed by atoms with Crippen molar-refractivity contribution in [1.82, 2.24) is 10.2 Å². The van der Waals surface area contributed by atoms with E-state index in [9.17, 15) is 19.5 Å². The number of carbonyl (C=O) groups is 3. The van der Waals surface area contributed by atoms with Crippen molar-refractivity contribution in [2.75, 3.05) is 26.8 Å². The van der Waals surface area contributed by atoms with E-state index in [4.69, 9.17) is 9.47 Å². The minimum atomic E-state index is -1.13. The molecule has 8 heteroatoms. The van der Waals surface area contributed by atoms with Gasteiger partial charge in [-0.3, -0.25) is 9.59 Å². The number of carboxylic acid groups (broad SMARTS) is 1. The molecule has 0 saturated heterocycles. The van der Waals surface area contributed by atoms with Crippen molar-refractivity contribution in [1.29, 1.82) is 0 Å². The third-order valence-corrected chi connectivity index (χ3v) is 5.95. The number of benzene rings is 2. The molecule has 2 aromatic rings. The van der Waals surface area contributed by atoms with Crippen LogP contribution >= 0.6 is 0 Å². The lowest BCUT2D eigenvalue weighted by Crippen LogP contribution is -2.55. The second-order valence-electron chi connectivity index (χ2n) is 8.89. The maximum Gasteiger partial charge on any atom is 0.407 e. The number of carboxylic acids is 1. The number of amides is 2. The van der Waals surface area contributed by atoms with E-state index >= 15 is 0 Å². The molecule has 2 N–H and O–H groups in total. The quantitative estimate of drug-likeness (QED) is 0.553. The number of hydrogen-bond donors (Lipinski definition) is 2. The number of ether oxygens (including phenoxy) is 2. The molecule has 0 unspecified atom stereocenters. The normalized spacial score (nSPS) is 14.1. The first kappa shape index (κ1) is 25.2. The van der Waals surface area contributed by atoms with E-state index in [1.807, 2.05) is 50.2 Å². The van der Waals surface area contributed by atoms with Crippen molar-refractivity contribution in [3.8, 4) is 11.1 Å². The van der Waals surface area contributed by atoms with Crippen LogP contribution in [0.1, 0.15) is 37.8 Å². The highest BCUT2D eigenvalue weighted by Crippen LogP contribution is 2.44. The van der Waals surface area contributed by atoms with E-state index in [1.165, 1.54) is 12.0 Å². The third kappa shape index (κ3) is 5.75. The zero-order chi connectivity index (χ0) is 24.8. The van der Waals surface area contributed by atoms with Gasteiger partial charge in [-0.05, 0) is 35.1 Å². The molecular formula is C26H32N2O6. The Labute approximate surface area is 199 Å². The van der Waals surface area contributed by atoms with Gasteiger partial charge in [-0.25, -0.2) is 4.79 Å². The molecule has 34 heavy (non-hydrogen) atoms. The summed E-state index contributed by atoms with van der Waals surface area (Å²) in [6.45, 7) is 5.29. The standard InChI is InChI=1S/C26H32N2O6/c1-16(2)13-28(14-23(29)30)25(31)24(17(3)33-4)27-26(32)34-15-22-20-11-7-5-9-18(20)19-10-6-8-12-21(19)22/h5-12,16-17,22,24H,13-15H2,1-4H3,(H,27,32)(H,29,30)/t17-,24+/m1/s1. The number of nitrogens with zero attached hydrogens (tertiary/aromatic N) is 1. The van der Waals surface area contributed by atoms with Crippen LogP contribution < -0.4 is 5.32 Å². The van der Waals surface area contributed by atoms with Gasteiger partial charge in [0.25, 0.3) is 0 Å². The highest BCUT2D eigenvalue weighted by atomic mass is 16.5. The van der Waals surface area contributed by atoms with Gasteiger partial charge < -0.3 is 24.8 Å². The Morgan fingerprint density at radius 3 is 2.06 bits per heavy atom. The number of fused-ring (bicyclic) bond motifs is 3. The Hall–Kier alpha value is -3.39. The molecule has 2 amide bonds. The molecule has 1 aliphatic carbocycles. The van der Waals surface area contributed by atoms with Gasteiger partial charge >= 0.3 is 12.1 Å². The minimum Gasteiger partial charge on any atom is -0.480 e. The molecule has 0 aromatic heterocycles. The Morgan fingerprint density at radius 1 is 1.00 bits per heavy atom. The lowest BCUT2D eigenvalue weighted by atomic mass is 9.98. The molecule has 3 rings (SSSR count). The van der Waals surface area contributed by atoms with Gasteiger partial charge in [0.15, 0.2) is 0 Å². The SMILES string of the molecule is CO[C@H](C)[C@H](NC(=O)OCC1c2ccccc2-c2ccccc21)C(=O)N(CC(=O)O)CC(C)C. The Balaban J connectivity index is 1.72. The fourth-order valence-corrected chi connectivity index (χ4v) is 4.32. The van der Waals surface area contributed by atoms with Gasteiger partial charge in [0.2, 0.25) is 5.91 Å². The molecule has 2 atom stereocenters. The first-order valence-electron chi connectivity index (χ1n) is 11.4. The molecule has 0 fully saturated rings. The Kier molecular flexibility index (Phi) is 8.28. The van der Waals surface area contributed by atoms with Crippen LogP contribution in [-0.4, -0.2) is 66.9 Å². The van der Waals surface area contributed by atoms with Gasteiger partial charge in [0.05, 0.1) is 6.10 Å². The highest BCUT2D eigenvalue weighted by molar-refractivity contribution is 5.88. The minimum absolute atomic E-state index is 0.0521. The van der Waals surface area contributed by atoms with Crippen molar-refractivity contribution in [2.24, 2.45) is 5.92 Å². The number of carbonyl (C=O) groups excluding carboxylic acids is 2. The summed E-state index contributed by atoms with van der Waals surface area (Å²) < 4.78 is 10.9. The van der Waals surface area contributed by atoms with Crippen LogP contribution in [0.5, 0.6) is 0 Å². The fourth-order valence-electron chi connectivity index (χ4n) is 4.32. The number of hydrogen-bond acceptors (Lipinski definition) is 5. The predicted octanol–water partition coefficient (Wildman–Crippen LogP) is 3.50. The molecule has 182 valence electrons. The monoisotopic (exact) mass is 468 g/mol. The summed E-state index contributed by atoms with van der Waals surface area (Å²) in [4.78, 5) is 38.4. The summed E-state index contributed by atoms with van der Waals surface area (Å²) in [5, 5.41) is 11.8. The van der Waals surface area contributed by atoms with Crippen molar-refractivity contribution in [3.05, 3.63) is 59.7 Å². The topological polar surface area (TPSA) is 105 Å². The number of nitrogens with one attached hydrogen (secondary N) is 1. The Bertz CT molecular complexity index is 992. The lowest BCUT2D eigenvalue weighted by Gasteiger charge is -2.30. The average molecular weight is 469 g/mol. The predicted molar refractivity (Wildman–Crippen MR) is 128 cm³/mol. The summed E-state index contributed by atoms with van der Waals surface area (Å²) in [6.07, 6.45) is -1.44. The number of methoxy groups -OCH3 is 1. The van der Waals surface area contributed by atoms with Crippen molar-refractivity contribution < 1.29 is 29.0 Å². The van der Waals surface area contributed by atoms with Crippen LogP contribution in [0.15, 0.2) is 48.5 Å². The molecule has 0 spiro atoms.